The normalized spacial score (nSPS) is 17.6. The number of rotatable bonds is 3. The zero-order valence-corrected chi connectivity index (χ0v) is 12.0. The number of nitrogens with zero attached hydrogens (tertiary/aromatic N) is 4. The molecule has 0 bridgehead atoms. The number of hydrogen-bond acceptors (Lipinski definition) is 5. The van der Waals surface area contributed by atoms with Crippen LogP contribution in [0.25, 0.3) is 0 Å². The van der Waals surface area contributed by atoms with Crippen LogP contribution in [0.15, 0.2) is 12.4 Å². The first-order chi connectivity index (χ1) is 9.70. The Morgan fingerprint density at radius 3 is 3.25 bits per heavy atom. The average molecular weight is 292 g/mol. The summed E-state index contributed by atoms with van der Waals surface area (Å²) in [6.07, 6.45) is 5.84. The third-order valence-electron chi connectivity index (χ3n) is 3.33. The summed E-state index contributed by atoms with van der Waals surface area (Å²) in [5, 5.41) is 14.7. The molecule has 3 rings (SSSR count). The van der Waals surface area contributed by atoms with Gasteiger partial charge in [0.15, 0.2) is 0 Å². The second kappa shape index (κ2) is 5.58. The third-order valence-corrected chi connectivity index (χ3v) is 4.08. The van der Waals surface area contributed by atoms with Crippen molar-refractivity contribution in [2.24, 2.45) is 5.92 Å². The Morgan fingerprint density at radius 1 is 1.55 bits per heavy atom. The van der Waals surface area contributed by atoms with Crippen LogP contribution in [0.5, 0.6) is 0 Å². The van der Waals surface area contributed by atoms with Crippen LogP contribution >= 0.6 is 11.3 Å². The summed E-state index contributed by atoms with van der Waals surface area (Å²) in [5.74, 6) is 1.58. The van der Waals surface area contributed by atoms with E-state index in [0.717, 1.165) is 30.2 Å². The molecule has 3 heterocycles. The Bertz CT molecular complexity index is 607. The van der Waals surface area contributed by atoms with E-state index in [9.17, 15) is 4.79 Å². The highest BCUT2D eigenvalue weighted by Gasteiger charge is 2.19. The molecule has 0 unspecified atom stereocenters. The molecule has 0 aliphatic carbocycles. The van der Waals surface area contributed by atoms with Gasteiger partial charge in [-0.15, -0.1) is 10.2 Å². The molecule has 1 aliphatic heterocycles. The van der Waals surface area contributed by atoms with Gasteiger partial charge in [0.1, 0.15) is 10.8 Å². The van der Waals surface area contributed by atoms with Crippen molar-refractivity contribution in [1.29, 1.82) is 0 Å². The van der Waals surface area contributed by atoms with Crippen molar-refractivity contribution in [3.63, 3.8) is 0 Å². The van der Waals surface area contributed by atoms with Crippen LogP contribution in [-0.2, 0) is 13.0 Å². The fourth-order valence-electron chi connectivity index (χ4n) is 2.33. The fraction of sp³-hybridized carbons (Fsp3) is 0.500. The molecule has 8 heteroatoms. The lowest BCUT2D eigenvalue weighted by Gasteiger charge is -2.23. The van der Waals surface area contributed by atoms with Crippen molar-refractivity contribution in [1.82, 2.24) is 25.1 Å². The van der Waals surface area contributed by atoms with Gasteiger partial charge in [0.2, 0.25) is 5.13 Å². The predicted octanol–water partition coefficient (Wildman–Crippen LogP) is 1.43. The number of aryl methyl sites for hydroxylation is 2. The minimum Gasteiger partial charge on any atom is -0.337 e. The zero-order chi connectivity index (χ0) is 13.9. The first kappa shape index (κ1) is 13.0. The van der Waals surface area contributed by atoms with E-state index in [1.165, 1.54) is 11.3 Å². The van der Waals surface area contributed by atoms with Crippen LogP contribution in [0.2, 0.25) is 0 Å². The molecule has 1 atom stereocenters. The number of fused-ring (bicyclic) bond motifs is 1. The lowest BCUT2D eigenvalue weighted by atomic mass is 9.99. The maximum Gasteiger partial charge on any atom is 0.321 e. The Labute approximate surface area is 120 Å². The summed E-state index contributed by atoms with van der Waals surface area (Å²) in [7, 11) is 0. The average Bonchev–Trinajstić information content (AvgIpc) is 3.04. The molecule has 106 valence electrons. The lowest BCUT2D eigenvalue weighted by molar-refractivity contribution is 0.247. The number of carbonyl (C=O) groups excluding carboxylic acids is 1. The molecule has 2 aromatic heterocycles. The van der Waals surface area contributed by atoms with E-state index in [1.54, 1.807) is 0 Å². The van der Waals surface area contributed by atoms with Gasteiger partial charge in [-0.25, -0.2) is 9.78 Å². The van der Waals surface area contributed by atoms with E-state index in [1.807, 2.05) is 19.3 Å². The number of carbonyl (C=O) groups is 1. The number of imidazole rings is 1. The number of hydrogen-bond donors (Lipinski definition) is 2. The molecule has 0 radical (unpaired) electrons. The van der Waals surface area contributed by atoms with Gasteiger partial charge in [0.25, 0.3) is 0 Å². The van der Waals surface area contributed by atoms with Gasteiger partial charge >= 0.3 is 6.03 Å². The van der Waals surface area contributed by atoms with E-state index in [-0.39, 0.29) is 6.03 Å². The minimum atomic E-state index is -0.224. The monoisotopic (exact) mass is 292 g/mol. The SMILES string of the molecule is Cc1nnc(NC(=O)NC[C@@H]2CCc3nccn3C2)s1. The van der Waals surface area contributed by atoms with Gasteiger partial charge in [0.05, 0.1) is 0 Å². The van der Waals surface area contributed by atoms with Crippen LogP contribution in [0.4, 0.5) is 9.93 Å². The van der Waals surface area contributed by atoms with E-state index >= 15 is 0 Å². The molecular weight excluding hydrogens is 276 g/mol. The number of anilines is 1. The van der Waals surface area contributed by atoms with Gasteiger partial charge in [-0.3, -0.25) is 5.32 Å². The molecule has 0 aromatic carbocycles. The highest BCUT2D eigenvalue weighted by Crippen LogP contribution is 2.18. The molecule has 7 nitrogen and oxygen atoms in total. The summed E-state index contributed by atoms with van der Waals surface area (Å²) in [5.41, 5.74) is 0. The predicted molar refractivity (Wildman–Crippen MR) is 75.7 cm³/mol. The lowest BCUT2D eigenvalue weighted by Crippen LogP contribution is -2.36. The maximum absolute atomic E-state index is 11.8. The van der Waals surface area contributed by atoms with Crippen LogP contribution in [0, 0.1) is 12.8 Å². The maximum atomic E-state index is 11.8. The van der Waals surface area contributed by atoms with Gasteiger partial charge in [-0.2, -0.15) is 0 Å². The number of amides is 2. The molecule has 20 heavy (non-hydrogen) atoms. The second-order valence-corrected chi connectivity index (χ2v) is 6.04. The first-order valence-corrected chi connectivity index (χ1v) is 7.37. The fourth-order valence-corrected chi connectivity index (χ4v) is 2.92. The van der Waals surface area contributed by atoms with Crippen molar-refractivity contribution in [3.8, 4) is 0 Å². The zero-order valence-electron chi connectivity index (χ0n) is 11.2. The molecule has 2 aromatic rings. The highest BCUT2D eigenvalue weighted by atomic mass is 32.1. The summed E-state index contributed by atoms with van der Waals surface area (Å²) < 4.78 is 2.15. The quantitative estimate of drug-likeness (QED) is 0.896. The third kappa shape index (κ3) is 2.96. The summed E-state index contributed by atoms with van der Waals surface area (Å²) >= 11 is 1.36. The van der Waals surface area contributed by atoms with Crippen LogP contribution in [0.1, 0.15) is 17.3 Å². The number of aromatic nitrogens is 4. The second-order valence-electron chi connectivity index (χ2n) is 4.86. The smallest absolute Gasteiger partial charge is 0.321 e. The van der Waals surface area contributed by atoms with Gasteiger partial charge in [-0.1, -0.05) is 11.3 Å². The van der Waals surface area contributed by atoms with Crippen molar-refractivity contribution in [2.75, 3.05) is 11.9 Å². The molecule has 2 amide bonds. The van der Waals surface area contributed by atoms with Gasteiger partial charge < -0.3 is 9.88 Å². The van der Waals surface area contributed by atoms with Crippen LogP contribution in [-0.4, -0.2) is 32.3 Å². The van der Waals surface area contributed by atoms with Crippen molar-refractivity contribution < 1.29 is 4.79 Å². The Balaban J connectivity index is 1.47. The van der Waals surface area contributed by atoms with Crippen molar-refractivity contribution >= 4 is 22.5 Å². The van der Waals surface area contributed by atoms with Crippen LogP contribution < -0.4 is 10.6 Å². The topological polar surface area (TPSA) is 84.7 Å². The number of nitrogens with one attached hydrogen (secondary N) is 2. The molecule has 1 aliphatic rings. The van der Waals surface area contributed by atoms with Crippen molar-refractivity contribution in [3.05, 3.63) is 23.2 Å². The molecule has 0 fully saturated rings. The van der Waals surface area contributed by atoms with Gasteiger partial charge in [0, 0.05) is 31.9 Å². The Kier molecular flexibility index (Phi) is 3.64. The number of urea groups is 1. The summed E-state index contributed by atoms with van der Waals surface area (Å²) in [4.78, 5) is 16.1. The highest BCUT2D eigenvalue weighted by molar-refractivity contribution is 7.15. The van der Waals surface area contributed by atoms with E-state index in [4.69, 9.17) is 0 Å². The van der Waals surface area contributed by atoms with E-state index < -0.39 is 0 Å². The molecule has 2 N–H and O–H groups in total. The Hall–Kier alpha value is -1.96. The Morgan fingerprint density at radius 2 is 2.45 bits per heavy atom. The molecular formula is C12H16N6OS. The minimum absolute atomic E-state index is 0.224. The van der Waals surface area contributed by atoms with Crippen LogP contribution in [0.3, 0.4) is 0 Å². The summed E-state index contributed by atoms with van der Waals surface area (Å²) in [6, 6.07) is -0.224. The standard InChI is InChI=1S/C12H16N6OS/c1-8-16-17-12(20-8)15-11(19)14-6-9-2-3-10-13-4-5-18(10)7-9/h4-5,9H,2-3,6-7H2,1H3,(H2,14,15,17,19)/t9-/m0/s1. The summed E-state index contributed by atoms with van der Waals surface area (Å²) in [6.45, 7) is 3.42. The van der Waals surface area contributed by atoms with E-state index in [2.05, 4.69) is 30.4 Å². The van der Waals surface area contributed by atoms with Crippen molar-refractivity contribution in [2.45, 2.75) is 26.3 Å². The first-order valence-electron chi connectivity index (χ1n) is 6.55. The van der Waals surface area contributed by atoms with Gasteiger partial charge in [-0.05, 0) is 19.3 Å². The largest absolute Gasteiger partial charge is 0.337 e. The van der Waals surface area contributed by atoms with E-state index in [0.29, 0.717) is 17.6 Å². The molecule has 0 saturated carbocycles. The molecule has 0 saturated heterocycles. The molecule has 0 spiro atoms.